The number of rotatable bonds is 9. The molecule has 2 aromatic carbocycles. The molecular formula is C22H24N4O3. The number of nitrogens with one attached hydrogen (secondary N) is 2. The molecule has 0 fully saturated rings. The van der Waals surface area contributed by atoms with Crippen LogP contribution in [0.25, 0.3) is 0 Å². The van der Waals surface area contributed by atoms with Crippen molar-refractivity contribution in [3.8, 4) is 11.5 Å². The van der Waals surface area contributed by atoms with Crippen LogP contribution in [0, 0.1) is 0 Å². The maximum Gasteiger partial charge on any atom is 0.257 e. The highest BCUT2D eigenvalue weighted by atomic mass is 16.5. The molecule has 7 nitrogen and oxygen atoms in total. The molecule has 3 rings (SSSR count). The molecule has 0 aliphatic rings. The van der Waals surface area contributed by atoms with Gasteiger partial charge in [0.15, 0.2) is 5.82 Å². The molecule has 0 aliphatic carbocycles. The highest BCUT2D eigenvalue weighted by Gasteiger charge is 2.11. The Morgan fingerprint density at radius 1 is 0.897 bits per heavy atom. The van der Waals surface area contributed by atoms with Crippen molar-refractivity contribution in [1.29, 1.82) is 0 Å². The average molecular weight is 392 g/mol. The summed E-state index contributed by atoms with van der Waals surface area (Å²) >= 11 is 0. The molecule has 0 unspecified atom stereocenters. The molecule has 0 radical (unpaired) electrons. The Labute approximate surface area is 170 Å². The van der Waals surface area contributed by atoms with Gasteiger partial charge in [0.25, 0.3) is 5.91 Å². The van der Waals surface area contributed by atoms with Crippen LogP contribution < -0.4 is 20.1 Å². The summed E-state index contributed by atoms with van der Waals surface area (Å²) in [6.45, 7) is 0.791. The van der Waals surface area contributed by atoms with E-state index in [-0.39, 0.29) is 5.91 Å². The molecule has 0 atom stereocenters. The summed E-state index contributed by atoms with van der Waals surface area (Å²) in [5.74, 6) is 1.79. The van der Waals surface area contributed by atoms with Crippen molar-refractivity contribution in [1.82, 2.24) is 10.2 Å². The number of aromatic nitrogens is 2. The lowest BCUT2D eigenvalue weighted by Crippen LogP contribution is -2.14. The Kier molecular flexibility index (Phi) is 7.00. The first-order valence-electron chi connectivity index (χ1n) is 9.34. The van der Waals surface area contributed by atoms with Gasteiger partial charge in [0.2, 0.25) is 0 Å². The summed E-state index contributed by atoms with van der Waals surface area (Å²) in [7, 11) is 3.07. The van der Waals surface area contributed by atoms with Crippen molar-refractivity contribution in [2.45, 2.75) is 12.8 Å². The zero-order valence-electron chi connectivity index (χ0n) is 16.5. The van der Waals surface area contributed by atoms with E-state index >= 15 is 0 Å². The summed E-state index contributed by atoms with van der Waals surface area (Å²) in [5, 5.41) is 14.1. The lowest BCUT2D eigenvalue weighted by Gasteiger charge is -2.09. The number of nitrogens with zero attached hydrogens (tertiary/aromatic N) is 2. The molecular weight excluding hydrogens is 368 g/mol. The number of benzene rings is 2. The zero-order valence-corrected chi connectivity index (χ0v) is 16.5. The second-order valence-electron chi connectivity index (χ2n) is 6.38. The van der Waals surface area contributed by atoms with Crippen molar-refractivity contribution in [2.24, 2.45) is 0 Å². The van der Waals surface area contributed by atoms with Crippen LogP contribution in [-0.2, 0) is 6.42 Å². The molecule has 29 heavy (non-hydrogen) atoms. The van der Waals surface area contributed by atoms with Gasteiger partial charge in [0, 0.05) is 18.2 Å². The van der Waals surface area contributed by atoms with Gasteiger partial charge in [0.05, 0.1) is 14.2 Å². The van der Waals surface area contributed by atoms with Crippen LogP contribution in [0.3, 0.4) is 0 Å². The maximum atomic E-state index is 12.5. The summed E-state index contributed by atoms with van der Waals surface area (Å²) in [4.78, 5) is 12.5. The molecule has 1 amide bonds. The largest absolute Gasteiger partial charge is 0.497 e. The third kappa shape index (κ3) is 5.93. The number of hydrogen-bond donors (Lipinski definition) is 2. The number of carbonyl (C=O) groups is 1. The smallest absolute Gasteiger partial charge is 0.257 e. The molecule has 3 aromatic rings. The Morgan fingerprint density at radius 2 is 1.55 bits per heavy atom. The van der Waals surface area contributed by atoms with Crippen LogP contribution in [0.4, 0.5) is 11.6 Å². The fourth-order valence-electron chi connectivity index (χ4n) is 2.77. The molecule has 0 aliphatic heterocycles. The minimum absolute atomic E-state index is 0.319. The van der Waals surface area contributed by atoms with Crippen molar-refractivity contribution < 1.29 is 14.3 Å². The predicted octanol–water partition coefficient (Wildman–Crippen LogP) is 3.79. The van der Waals surface area contributed by atoms with Gasteiger partial charge >= 0.3 is 0 Å². The second-order valence-corrected chi connectivity index (χ2v) is 6.38. The van der Waals surface area contributed by atoms with E-state index in [1.807, 2.05) is 18.2 Å². The molecule has 2 N–H and O–H groups in total. The third-order valence-corrected chi connectivity index (χ3v) is 4.31. The van der Waals surface area contributed by atoms with Gasteiger partial charge < -0.3 is 20.1 Å². The third-order valence-electron chi connectivity index (χ3n) is 4.31. The number of amides is 1. The fraction of sp³-hybridized carbons (Fsp3) is 0.227. The van der Waals surface area contributed by atoms with Crippen LogP contribution in [0.1, 0.15) is 22.3 Å². The van der Waals surface area contributed by atoms with E-state index in [0.29, 0.717) is 28.7 Å². The standard InChI is InChI=1S/C22H24N4O3/c1-28-18-13-17(14-19(15-18)29-2)22(27)24-21-11-10-20(25-26-21)23-12-6-9-16-7-4-3-5-8-16/h3-5,7-8,10-11,13-15H,6,9,12H2,1-2H3,(H,23,25)(H,24,26,27). The topological polar surface area (TPSA) is 85.4 Å². The van der Waals surface area contributed by atoms with Gasteiger partial charge in [-0.2, -0.15) is 0 Å². The van der Waals surface area contributed by atoms with E-state index in [0.717, 1.165) is 19.4 Å². The lowest BCUT2D eigenvalue weighted by atomic mass is 10.1. The zero-order chi connectivity index (χ0) is 20.5. The van der Waals surface area contributed by atoms with Gasteiger partial charge in [-0.05, 0) is 42.7 Å². The maximum absolute atomic E-state index is 12.5. The summed E-state index contributed by atoms with van der Waals surface area (Å²) in [6.07, 6.45) is 1.99. The van der Waals surface area contributed by atoms with Crippen LogP contribution in [-0.4, -0.2) is 36.9 Å². The molecule has 0 saturated heterocycles. The highest BCUT2D eigenvalue weighted by molar-refractivity contribution is 6.04. The van der Waals surface area contributed by atoms with Crippen LogP contribution in [0.2, 0.25) is 0 Å². The van der Waals surface area contributed by atoms with Crippen molar-refractivity contribution in [2.75, 3.05) is 31.4 Å². The highest BCUT2D eigenvalue weighted by Crippen LogP contribution is 2.23. The van der Waals surface area contributed by atoms with Crippen LogP contribution in [0.15, 0.2) is 60.7 Å². The number of hydrogen-bond acceptors (Lipinski definition) is 6. The average Bonchev–Trinajstić information content (AvgIpc) is 2.78. The first-order chi connectivity index (χ1) is 14.2. The summed E-state index contributed by atoms with van der Waals surface area (Å²) in [5.41, 5.74) is 1.72. The number of methoxy groups -OCH3 is 2. The normalized spacial score (nSPS) is 10.3. The number of ether oxygens (including phenoxy) is 2. The molecule has 1 heterocycles. The Bertz CT molecular complexity index is 908. The SMILES string of the molecule is COc1cc(OC)cc(C(=O)Nc2ccc(NCCCc3ccccc3)nn2)c1. The van der Waals surface area contributed by atoms with Crippen LogP contribution in [0.5, 0.6) is 11.5 Å². The van der Waals surface area contributed by atoms with Crippen molar-refractivity contribution in [3.05, 3.63) is 71.8 Å². The van der Waals surface area contributed by atoms with E-state index in [1.165, 1.54) is 19.8 Å². The number of aryl methyl sites for hydroxylation is 1. The minimum atomic E-state index is -0.319. The monoisotopic (exact) mass is 392 g/mol. The molecule has 150 valence electrons. The van der Waals surface area contributed by atoms with Gasteiger partial charge in [-0.3, -0.25) is 4.79 Å². The number of carbonyl (C=O) groups excluding carboxylic acids is 1. The van der Waals surface area contributed by atoms with E-state index in [9.17, 15) is 4.79 Å². The van der Waals surface area contributed by atoms with E-state index < -0.39 is 0 Å². The lowest BCUT2D eigenvalue weighted by molar-refractivity contribution is 0.102. The summed E-state index contributed by atoms with van der Waals surface area (Å²) in [6, 6.07) is 18.8. The summed E-state index contributed by atoms with van der Waals surface area (Å²) < 4.78 is 10.4. The first-order valence-corrected chi connectivity index (χ1v) is 9.34. The molecule has 0 spiro atoms. The van der Waals surface area contributed by atoms with Crippen molar-refractivity contribution >= 4 is 17.5 Å². The second kappa shape index (κ2) is 10.1. The quantitative estimate of drug-likeness (QED) is 0.539. The van der Waals surface area contributed by atoms with Crippen LogP contribution >= 0.6 is 0 Å². The molecule has 0 bridgehead atoms. The van der Waals surface area contributed by atoms with E-state index in [1.54, 1.807) is 30.3 Å². The molecule has 0 saturated carbocycles. The van der Waals surface area contributed by atoms with E-state index in [2.05, 4.69) is 33.0 Å². The fourth-order valence-corrected chi connectivity index (χ4v) is 2.77. The Balaban J connectivity index is 1.51. The van der Waals surface area contributed by atoms with Gasteiger partial charge in [-0.1, -0.05) is 30.3 Å². The van der Waals surface area contributed by atoms with Gasteiger partial charge in [-0.25, -0.2) is 0 Å². The Hall–Kier alpha value is -3.61. The Morgan fingerprint density at radius 3 is 2.17 bits per heavy atom. The minimum Gasteiger partial charge on any atom is -0.497 e. The van der Waals surface area contributed by atoms with E-state index in [4.69, 9.17) is 9.47 Å². The molecule has 1 aromatic heterocycles. The number of anilines is 2. The predicted molar refractivity (Wildman–Crippen MR) is 113 cm³/mol. The van der Waals surface area contributed by atoms with Crippen molar-refractivity contribution in [3.63, 3.8) is 0 Å². The molecule has 7 heteroatoms. The van der Waals surface area contributed by atoms with Gasteiger partial charge in [0.1, 0.15) is 17.3 Å². The first kappa shape index (κ1) is 20.1. The van der Waals surface area contributed by atoms with Gasteiger partial charge in [-0.15, -0.1) is 10.2 Å².